The minimum Gasteiger partial charge on any atom is -0.329 e. The fraction of sp³-hybridized carbons (Fsp3) is 0.480. The summed E-state index contributed by atoms with van der Waals surface area (Å²) in [6.45, 7) is 9.31. The molecule has 1 fully saturated rings. The van der Waals surface area contributed by atoms with Gasteiger partial charge in [-0.1, -0.05) is 13.8 Å². The highest BCUT2D eigenvalue weighted by molar-refractivity contribution is 5.96. The highest BCUT2D eigenvalue weighted by atomic mass is 19.1. The second kappa shape index (κ2) is 8.90. The molecule has 1 amide bonds. The minimum atomic E-state index is -0.585. The number of hydrogen-bond acceptors (Lipinski definition) is 7. The summed E-state index contributed by atoms with van der Waals surface area (Å²) in [7, 11) is 0. The first-order valence-electron chi connectivity index (χ1n) is 12.1. The Morgan fingerprint density at radius 3 is 2.74 bits per heavy atom. The van der Waals surface area contributed by atoms with Crippen molar-refractivity contribution in [2.75, 3.05) is 22.1 Å². The molecule has 3 aromatic heterocycles. The molecule has 10 heteroatoms. The van der Waals surface area contributed by atoms with Crippen LogP contribution in [0.5, 0.6) is 0 Å². The van der Waals surface area contributed by atoms with Crippen molar-refractivity contribution in [3.05, 3.63) is 47.8 Å². The molecular weight excluding hydrogens is 447 g/mol. The number of amides is 1. The fourth-order valence-electron chi connectivity index (χ4n) is 4.84. The van der Waals surface area contributed by atoms with Gasteiger partial charge >= 0.3 is 0 Å². The van der Waals surface area contributed by atoms with Crippen LogP contribution in [0, 0.1) is 11.4 Å². The topological polar surface area (TPSA) is 101 Å². The van der Waals surface area contributed by atoms with Crippen LogP contribution in [0.25, 0.3) is 0 Å². The summed E-state index contributed by atoms with van der Waals surface area (Å²) >= 11 is 0. The molecule has 9 nitrogen and oxygen atoms in total. The number of anilines is 4. The van der Waals surface area contributed by atoms with Crippen molar-refractivity contribution in [3.63, 3.8) is 0 Å². The van der Waals surface area contributed by atoms with Gasteiger partial charge in [-0.25, -0.2) is 9.97 Å². The molecule has 0 aromatic carbocycles. The Balaban J connectivity index is 1.44. The third kappa shape index (κ3) is 4.82. The summed E-state index contributed by atoms with van der Waals surface area (Å²) < 4.78 is 15.0. The van der Waals surface area contributed by atoms with Crippen molar-refractivity contribution < 1.29 is 9.18 Å². The van der Waals surface area contributed by atoms with Crippen LogP contribution in [-0.4, -0.2) is 43.2 Å². The van der Waals surface area contributed by atoms with Crippen LogP contribution in [-0.2, 0) is 17.6 Å². The molecule has 0 radical (unpaired) electrons. The number of carbonyl (C=O) groups is 1. The summed E-state index contributed by atoms with van der Waals surface area (Å²) in [6.07, 6.45) is 6.53. The van der Waals surface area contributed by atoms with Crippen LogP contribution in [0.3, 0.4) is 0 Å². The summed E-state index contributed by atoms with van der Waals surface area (Å²) in [5.41, 5.74) is 2.67. The van der Waals surface area contributed by atoms with Crippen LogP contribution in [0.4, 0.5) is 27.7 Å². The van der Waals surface area contributed by atoms with Gasteiger partial charge in [0.2, 0.25) is 17.8 Å². The van der Waals surface area contributed by atoms with Gasteiger partial charge in [0.1, 0.15) is 11.9 Å². The lowest BCUT2D eigenvalue weighted by molar-refractivity contribution is -0.117. The molecule has 4 heterocycles. The van der Waals surface area contributed by atoms with Crippen LogP contribution in [0.15, 0.2) is 30.6 Å². The number of nitrogens with zero attached hydrogens (tertiary/aromatic N) is 6. The van der Waals surface area contributed by atoms with Crippen LogP contribution < -0.4 is 15.5 Å². The van der Waals surface area contributed by atoms with E-state index in [1.807, 2.05) is 21.8 Å². The zero-order valence-corrected chi connectivity index (χ0v) is 20.5. The molecule has 0 bridgehead atoms. The number of rotatable bonds is 6. The van der Waals surface area contributed by atoms with Gasteiger partial charge in [-0.3, -0.25) is 9.48 Å². The maximum atomic E-state index is 13.1. The predicted molar refractivity (Wildman–Crippen MR) is 132 cm³/mol. The molecule has 184 valence electrons. The molecule has 3 aromatic rings. The van der Waals surface area contributed by atoms with Gasteiger partial charge in [0.05, 0.1) is 17.6 Å². The fourth-order valence-corrected chi connectivity index (χ4v) is 4.84. The zero-order chi connectivity index (χ0) is 24.7. The first kappa shape index (κ1) is 23.2. The Morgan fingerprint density at radius 1 is 1.20 bits per heavy atom. The average molecular weight is 479 g/mol. The molecule has 0 saturated carbocycles. The average Bonchev–Trinajstić information content (AvgIpc) is 3.52. The molecule has 1 atom stereocenters. The number of pyridine rings is 1. The number of halogens is 1. The lowest BCUT2D eigenvalue weighted by atomic mass is 9.90. The lowest BCUT2D eigenvalue weighted by Crippen LogP contribution is -2.40. The smallest absolute Gasteiger partial charge is 0.247 e. The Labute approximate surface area is 204 Å². The Morgan fingerprint density at radius 2 is 2.03 bits per heavy atom. The number of hydrogen-bond donors (Lipinski definition) is 2. The van der Waals surface area contributed by atoms with Gasteiger partial charge in [0.15, 0.2) is 5.82 Å². The summed E-state index contributed by atoms with van der Waals surface area (Å²) in [4.78, 5) is 28.5. The highest BCUT2D eigenvalue weighted by Crippen LogP contribution is 2.40. The molecule has 5 rings (SSSR count). The minimum absolute atomic E-state index is 0.0841. The molecular formula is C25H31FN8O. The van der Waals surface area contributed by atoms with Gasteiger partial charge in [-0.15, -0.1) is 0 Å². The third-order valence-corrected chi connectivity index (χ3v) is 6.57. The second-order valence-electron chi connectivity index (χ2n) is 10.4. The van der Waals surface area contributed by atoms with Gasteiger partial charge < -0.3 is 15.5 Å². The second-order valence-corrected chi connectivity index (χ2v) is 10.4. The first-order valence-corrected chi connectivity index (χ1v) is 12.1. The van der Waals surface area contributed by atoms with E-state index in [9.17, 15) is 9.18 Å². The monoisotopic (exact) mass is 478 g/mol. The molecule has 0 unspecified atom stereocenters. The number of fused-ring (bicyclic) bond motifs is 1. The quantitative estimate of drug-likeness (QED) is 0.511. The van der Waals surface area contributed by atoms with Gasteiger partial charge in [-0.2, -0.15) is 14.5 Å². The van der Waals surface area contributed by atoms with Crippen molar-refractivity contribution in [1.29, 1.82) is 0 Å². The Bertz CT molecular complexity index is 1240. The van der Waals surface area contributed by atoms with Gasteiger partial charge in [0.25, 0.3) is 0 Å². The van der Waals surface area contributed by atoms with E-state index in [1.165, 1.54) is 18.3 Å². The number of carbonyl (C=O) groups excluding carboxylic acids is 1. The van der Waals surface area contributed by atoms with Crippen molar-refractivity contribution in [3.8, 4) is 0 Å². The van der Waals surface area contributed by atoms with E-state index in [-0.39, 0.29) is 17.4 Å². The van der Waals surface area contributed by atoms with E-state index in [1.54, 1.807) is 0 Å². The maximum Gasteiger partial charge on any atom is 0.247 e. The van der Waals surface area contributed by atoms with Crippen molar-refractivity contribution in [1.82, 2.24) is 24.7 Å². The number of aromatic nitrogens is 5. The Hall–Kier alpha value is -3.56. The van der Waals surface area contributed by atoms with E-state index in [4.69, 9.17) is 9.97 Å². The molecule has 2 N–H and O–H groups in total. The van der Waals surface area contributed by atoms with E-state index < -0.39 is 12.0 Å². The van der Waals surface area contributed by atoms with Gasteiger partial charge in [0, 0.05) is 30.4 Å². The zero-order valence-electron chi connectivity index (χ0n) is 20.5. The Kier molecular flexibility index (Phi) is 5.90. The van der Waals surface area contributed by atoms with E-state index in [2.05, 4.69) is 48.4 Å². The van der Waals surface area contributed by atoms with Gasteiger partial charge in [-0.05, 0) is 57.1 Å². The van der Waals surface area contributed by atoms with Crippen LogP contribution in [0.1, 0.15) is 57.8 Å². The standard InChI is InChI=1S/C25H31FN8O/c1-15(2)34-11-9-21(32-34)30-22-17-12-25(3,4)13-18(17)29-24(31-22)33-10-5-6-19(33)23(35)28-16-7-8-20(26)27-14-16/h7-9,11,14-15,19H,5-6,10,12-13H2,1-4H3,(H,28,35)(H,29,30,31,32)/t19-/m1/s1. The summed E-state index contributed by atoms with van der Waals surface area (Å²) in [5.74, 6) is 1.26. The maximum absolute atomic E-state index is 13.1. The van der Waals surface area contributed by atoms with Crippen molar-refractivity contribution >= 4 is 29.2 Å². The van der Waals surface area contributed by atoms with E-state index in [0.717, 1.165) is 42.2 Å². The largest absolute Gasteiger partial charge is 0.329 e. The summed E-state index contributed by atoms with van der Waals surface area (Å²) in [5, 5.41) is 10.9. The molecule has 0 spiro atoms. The molecule has 1 saturated heterocycles. The predicted octanol–water partition coefficient (Wildman–Crippen LogP) is 4.26. The highest BCUT2D eigenvalue weighted by Gasteiger charge is 2.37. The molecule has 2 aliphatic rings. The van der Waals surface area contributed by atoms with Crippen molar-refractivity contribution in [2.24, 2.45) is 5.41 Å². The summed E-state index contributed by atoms with van der Waals surface area (Å²) in [6, 6.07) is 4.52. The van der Waals surface area contributed by atoms with Crippen LogP contribution >= 0.6 is 0 Å². The normalized spacial score (nSPS) is 18.7. The molecule has 1 aliphatic carbocycles. The van der Waals surface area contributed by atoms with E-state index in [0.29, 0.717) is 24.6 Å². The lowest BCUT2D eigenvalue weighted by Gasteiger charge is -2.25. The number of nitrogens with one attached hydrogen (secondary N) is 2. The molecule has 1 aliphatic heterocycles. The first-order chi connectivity index (χ1) is 16.7. The van der Waals surface area contributed by atoms with E-state index >= 15 is 0 Å². The molecule has 35 heavy (non-hydrogen) atoms. The van der Waals surface area contributed by atoms with Crippen molar-refractivity contribution in [2.45, 2.75) is 65.5 Å². The SMILES string of the molecule is CC(C)n1ccc(Nc2nc(N3CCC[C@@H]3C(=O)Nc3ccc(F)nc3)nc3c2CC(C)(C)C3)n1. The third-order valence-electron chi connectivity index (χ3n) is 6.57. The van der Waals surface area contributed by atoms with Crippen LogP contribution in [0.2, 0.25) is 0 Å².